The second-order valence-electron chi connectivity index (χ2n) is 6.98. The zero-order valence-electron chi connectivity index (χ0n) is 16.3. The number of anilines is 1. The van der Waals surface area contributed by atoms with Crippen LogP contribution in [-0.2, 0) is 4.79 Å². The minimum Gasteiger partial charge on any atom is -0.338 e. The highest BCUT2D eigenvalue weighted by molar-refractivity contribution is 6.30. The summed E-state index contributed by atoms with van der Waals surface area (Å²) in [5.74, 6) is 0.0115. The molecule has 0 spiro atoms. The standard InChI is InChI=1S/C20H31ClN4O2/c1-3-11-24(12-4-2)13-5-10-22-20(27)23-17-14-19(26)25(15-17)18-8-6-16(21)7-9-18/h6-9,17H,3-5,10-15H2,1-2H3,(H2,22,23,27)/t17-/m1/s1. The quantitative estimate of drug-likeness (QED) is 0.598. The van der Waals surface area contributed by atoms with Crippen molar-refractivity contribution < 1.29 is 9.59 Å². The van der Waals surface area contributed by atoms with E-state index in [4.69, 9.17) is 11.6 Å². The fourth-order valence-corrected chi connectivity index (χ4v) is 3.51. The summed E-state index contributed by atoms with van der Waals surface area (Å²) in [5.41, 5.74) is 0.807. The van der Waals surface area contributed by atoms with Gasteiger partial charge in [0.15, 0.2) is 0 Å². The molecule has 7 heteroatoms. The van der Waals surface area contributed by atoms with E-state index in [1.807, 2.05) is 12.1 Å². The molecular formula is C20H31ClN4O2. The number of urea groups is 1. The first-order chi connectivity index (χ1) is 13.0. The minimum absolute atomic E-state index is 0.0115. The molecule has 0 aromatic heterocycles. The lowest BCUT2D eigenvalue weighted by molar-refractivity contribution is -0.117. The Bertz CT molecular complexity index is 603. The summed E-state index contributed by atoms with van der Waals surface area (Å²) < 4.78 is 0. The lowest BCUT2D eigenvalue weighted by atomic mass is 10.2. The number of carbonyl (C=O) groups is 2. The number of amides is 3. The Labute approximate surface area is 167 Å². The first kappa shape index (κ1) is 21.5. The van der Waals surface area contributed by atoms with E-state index in [1.165, 1.54) is 0 Å². The van der Waals surface area contributed by atoms with Crippen molar-refractivity contribution in [2.75, 3.05) is 37.6 Å². The average Bonchev–Trinajstić information content (AvgIpc) is 2.99. The molecule has 0 aliphatic carbocycles. The van der Waals surface area contributed by atoms with Gasteiger partial charge in [-0.1, -0.05) is 25.4 Å². The van der Waals surface area contributed by atoms with Gasteiger partial charge in [0, 0.05) is 30.2 Å². The van der Waals surface area contributed by atoms with Crippen LogP contribution in [0.25, 0.3) is 0 Å². The smallest absolute Gasteiger partial charge is 0.315 e. The van der Waals surface area contributed by atoms with Gasteiger partial charge < -0.3 is 20.4 Å². The van der Waals surface area contributed by atoms with Gasteiger partial charge in [0.25, 0.3) is 0 Å². The van der Waals surface area contributed by atoms with E-state index >= 15 is 0 Å². The van der Waals surface area contributed by atoms with Crippen LogP contribution < -0.4 is 15.5 Å². The van der Waals surface area contributed by atoms with Crippen LogP contribution in [0.1, 0.15) is 39.5 Å². The van der Waals surface area contributed by atoms with Gasteiger partial charge in [-0.05, 0) is 63.2 Å². The molecule has 1 aromatic rings. The number of nitrogens with zero attached hydrogens (tertiary/aromatic N) is 2. The summed E-state index contributed by atoms with van der Waals surface area (Å²) in [6.45, 7) is 8.69. The Kier molecular flexibility index (Phi) is 8.88. The van der Waals surface area contributed by atoms with Crippen LogP contribution in [0.2, 0.25) is 5.02 Å². The number of benzene rings is 1. The van der Waals surface area contributed by atoms with Crippen LogP contribution in [0.15, 0.2) is 24.3 Å². The van der Waals surface area contributed by atoms with Crippen molar-refractivity contribution in [1.82, 2.24) is 15.5 Å². The summed E-state index contributed by atoms with van der Waals surface area (Å²) in [6, 6.07) is 6.78. The largest absolute Gasteiger partial charge is 0.338 e. The van der Waals surface area contributed by atoms with Gasteiger partial charge in [-0.3, -0.25) is 4.79 Å². The molecule has 0 radical (unpaired) electrons. The second kappa shape index (κ2) is 11.1. The molecule has 1 heterocycles. The van der Waals surface area contributed by atoms with Gasteiger partial charge in [0.1, 0.15) is 0 Å². The van der Waals surface area contributed by atoms with Crippen LogP contribution in [0.4, 0.5) is 10.5 Å². The molecular weight excluding hydrogens is 364 g/mol. The molecule has 27 heavy (non-hydrogen) atoms. The molecule has 0 bridgehead atoms. The van der Waals surface area contributed by atoms with E-state index in [0.29, 0.717) is 24.5 Å². The topological polar surface area (TPSA) is 64.7 Å². The summed E-state index contributed by atoms with van der Waals surface area (Å²) in [7, 11) is 0. The molecule has 0 saturated carbocycles. The van der Waals surface area contributed by atoms with Gasteiger partial charge in [0.05, 0.1) is 6.04 Å². The van der Waals surface area contributed by atoms with Gasteiger partial charge in [-0.25, -0.2) is 4.79 Å². The molecule has 1 aliphatic rings. The maximum Gasteiger partial charge on any atom is 0.315 e. The summed E-state index contributed by atoms with van der Waals surface area (Å²) in [6.07, 6.45) is 3.53. The third-order valence-electron chi connectivity index (χ3n) is 4.61. The van der Waals surface area contributed by atoms with E-state index in [-0.39, 0.29) is 18.0 Å². The Morgan fingerprint density at radius 3 is 2.48 bits per heavy atom. The predicted molar refractivity (Wildman–Crippen MR) is 110 cm³/mol. The number of hydrogen-bond donors (Lipinski definition) is 2. The van der Waals surface area contributed by atoms with Crippen molar-refractivity contribution in [3.63, 3.8) is 0 Å². The van der Waals surface area contributed by atoms with Gasteiger partial charge >= 0.3 is 6.03 Å². The number of rotatable bonds is 10. The van der Waals surface area contributed by atoms with Gasteiger partial charge in [-0.15, -0.1) is 0 Å². The van der Waals surface area contributed by atoms with E-state index < -0.39 is 0 Å². The molecule has 3 amide bonds. The Morgan fingerprint density at radius 1 is 1.19 bits per heavy atom. The van der Waals surface area contributed by atoms with Crippen LogP contribution in [0.5, 0.6) is 0 Å². The van der Waals surface area contributed by atoms with Crippen molar-refractivity contribution in [1.29, 1.82) is 0 Å². The Morgan fingerprint density at radius 2 is 1.85 bits per heavy atom. The van der Waals surface area contributed by atoms with Crippen LogP contribution in [0, 0.1) is 0 Å². The van der Waals surface area contributed by atoms with E-state index in [1.54, 1.807) is 17.0 Å². The van der Waals surface area contributed by atoms with E-state index in [9.17, 15) is 9.59 Å². The first-order valence-electron chi connectivity index (χ1n) is 9.86. The predicted octanol–water partition coefficient (Wildman–Crippen LogP) is 3.26. The average molecular weight is 395 g/mol. The number of carbonyl (C=O) groups excluding carboxylic acids is 2. The lowest BCUT2D eigenvalue weighted by Crippen LogP contribution is -2.44. The second-order valence-corrected chi connectivity index (χ2v) is 7.41. The molecule has 1 fully saturated rings. The van der Waals surface area contributed by atoms with Crippen LogP contribution >= 0.6 is 11.6 Å². The number of hydrogen-bond acceptors (Lipinski definition) is 3. The molecule has 6 nitrogen and oxygen atoms in total. The lowest BCUT2D eigenvalue weighted by Gasteiger charge is -2.21. The first-order valence-corrected chi connectivity index (χ1v) is 10.2. The van der Waals surface area contributed by atoms with Crippen molar-refractivity contribution in [2.45, 2.75) is 45.6 Å². The Hall–Kier alpha value is -1.79. The van der Waals surface area contributed by atoms with Crippen molar-refractivity contribution in [3.8, 4) is 0 Å². The summed E-state index contributed by atoms with van der Waals surface area (Å²) in [4.78, 5) is 28.5. The zero-order chi connectivity index (χ0) is 19.6. The fraction of sp³-hybridized carbons (Fsp3) is 0.600. The van der Waals surface area contributed by atoms with Gasteiger partial charge in [0.2, 0.25) is 5.91 Å². The van der Waals surface area contributed by atoms with Gasteiger partial charge in [-0.2, -0.15) is 0 Å². The number of halogens is 1. The third kappa shape index (κ3) is 7.03. The molecule has 1 saturated heterocycles. The molecule has 2 N–H and O–H groups in total. The highest BCUT2D eigenvalue weighted by Crippen LogP contribution is 2.23. The fourth-order valence-electron chi connectivity index (χ4n) is 3.38. The molecule has 0 unspecified atom stereocenters. The monoisotopic (exact) mass is 394 g/mol. The SMILES string of the molecule is CCCN(CCC)CCCNC(=O)N[C@@H]1CC(=O)N(c2ccc(Cl)cc2)C1. The highest BCUT2D eigenvalue weighted by Gasteiger charge is 2.31. The normalized spacial score (nSPS) is 16.8. The molecule has 1 aliphatic heterocycles. The number of nitrogens with one attached hydrogen (secondary N) is 2. The van der Waals surface area contributed by atoms with Crippen LogP contribution in [0.3, 0.4) is 0 Å². The van der Waals surface area contributed by atoms with Crippen molar-refractivity contribution >= 4 is 29.2 Å². The zero-order valence-corrected chi connectivity index (χ0v) is 17.1. The van der Waals surface area contributed by atoms with E-state index in [2.05, 4.69) is 29.4 Å². The summed E-state index contributed by atoms with van der Waals surface area (Å²) in [5, 5.41) is 6.44. The van der Waals surface area contributed by atoms with E-state index in [0.717, 1.165) is 44.6 Å². The van der Waals surface area contributed by atoms with Crippen molar-refractivity contribution in [3.05, 3.63) is 29.3 Å². The minimum atomic E-state index is -0.205. The maximum atomic E-state index is 12.2. The maximum absolute atomic E-state index is 12.2. The van der Waals surface area contributed by atoms with Crippen LogP contribution in [-0.4, -0.2) is 55.6 Å². The highest BCUT2D eigenvalue weighted by atomic mass is 35.5. The molecule has 1 atom stereocenters. The molecule has 2 rings (SSSR count). The molecule has 1 aromatic carbocycles. The van der Waals surface area contributed by atoms with Crippen molar-refractivity contribution in [2.24, 2.45) is 0 Å². The third-order valence-corrected chi connectivity index (χ3v) is 4.87. The molecule has 150 valence electrons. The summed E-state index contributed by atoms with van der Waals surface area (Å²) >= 11 is 5.90. The Balaban J connectivity index is 1.70.